The van der Waals surface area contributed by atoms with Gasteiger partial charge in [0, 0.05) is 18.5 Å². The monoisotopic (exact) mass is 292 g/mol. The number of nitrogens with zero attached hydrogens (tertiary/aromatic N) is 3. The van der Waals surface area contributed by atoms with Gasteiger partial charge < -0.3 is 5.73 Å². The lowest BCUT2D eigenvalue weighted by Gasteiger charge is -2.31. The molecule has 0 bridgehead atoms. The molecule has 0 spiro atoms. The zero-order chi connectivity index (χ0) is 15.5. The highest BCUT2D eigenvalue weighted by Crippen LogP contribution is 2.39. The quantitative estimate of drug-likeness (QED) is 0.863. The lowest BCUT2D eigenvalue weighted by atomic mass is 9.76. The van der Waals surface area contributed by atoms with Crippen LogP contribution < -0.4 is 5.73 Å². The van der Waals surface area contributed by atoms with Crippen molar-refractivity contribution in [3.8, 4) is 0 Å². The van der Waals surface area contributed by atoms with Gasteiger partial charge >= 0.3 is 0 Å². The average Bonchev–Trinajstić information content (AvgIpc) is 2.69. The van der Waals surface area contributed by atoms with E-state index in [4.69, 9.17) is 5.73 Å². The number of aromatic nitrogens is 3. The highest BCUT2D eigenvalue weighted by atomic mass is 15.3. The van der Waals surface area contributed by atoms with Crippen LogP contribution in [0.3, 0.4) is 0 Å². The molecule has 1 aliphatic carbocycles. The van der Waals surface area contributed by atoms with E-state index in [9.17, 15) is 0 Å². The first-order valence-corrected chi connectivity index (χ1v) is 8.50. The molecule has 1 aromatic rings. The molecule has 21 heavy (non-hydrogen) atoms. The van der Waals surface area contributed by atoms with Crippen molar-refractivity contribution in [2.24, 2.45) is 17.1 Å². The van der Waals surface area contributed by atoms with E-state index in [0.29, 0.717) is 5.41 Å². The summed E-state index contributed by atoms with van der Waals surface area (Å²) in [4.78, 5) is 4.44. The Morgan fingerprint density at radius 3 is 2.76 bits per heavy atom. The van der Waals surface area contributed by atoms with E-state index in [1.807, 2.05) is 4.68 Å². The zero-order valence-electron chi connectivity index (χ0n) is 14.2. The molecule has 120 valence electrons. The van der Waals surface area contributed by atoms with Crippen molar-refractivity contribution >= 4 is 0 Å². The Labute approximate surface area is 129 Å². The number of hydrogen-bond donors (Lipinski definition) is 1. The molecule has 1 aliphatic rings. The Hall–Kier alpha value is -0.900. The Bertz CT molecular complexity index is 446. The summed E-state index contributed by atoms with van der Waals surface area (Å²) in [6, 6.07) is 0. The molecule has 0 saturated heterocycles. The fourth-order valence-corrected chi connectivity index (χ4v) is 3.61. The largest absolute Gasteiger partial charge is 0.325 e. The second kappa shape index (κ2) is 6.47. The minimum atomic E-state index is -0.0987. The van der Waals surface area contributed by atoms with Crippen LogP contribution in [-0.4, -0.2) is 20.3 Å². The van der Waals surface area contributed by atoms with Crippen molar-refractivity contribution in [3.63, 3.8) is 0 Å². The van der Waals surface area contributed by atoms with Gasteiger partial charge in [0.2, 0.25) is 0 Å². The predicted molar refractivity (Wildman–Crippen MR) is 87.0 cm³/mol. The molecule has 1 aromatic heterocycles. The Morgan fingerprint density at radius 2 is 2.10 bits per heavy atom. The second-order valence-corrected chi connectivity index (χ2v) is 7.93. The summed E-state index contributed by atoms with van der Waals surface area (Å²) >= 11 is 0. The number of nitrogens with two attached hydrogens (primary N) is 1. The highest BCUT2D eigenvalue weighted by Gasteiger charge is 2.34. The van der Waals surface area contributed by atoms with Crippen molar-refractivity contribution in [3.05, 3.63) is 12.2 Å². The first kappa shape index (κ1) is 16.5. The van der Waals surface area contributed by atoms with Gasteiger partial charge in [-0.3, -0.25) is 4.68 Å². The molecule has 4 heteroatoms. The van der Waals surface area contributed by atoms with Crippen LogP contribution in [0.2, 0.25) is 0 Å². The first-order valence-electron chi connectivity index (χ1n) is 8.50. The summed E-state index contributed by atoms with van der Waals surface area (Å²) in [5.41, 5.74) is 7.04. The van der Waals surface area contributed by atoms with E-state index >= 15 is 0 Å². The van der Waals surface area contributed by atoms with E-state index in [1.54, 1.807) is 6.33 Å². The average molecular weight is 292 g/mol. The smallest absolute Gasteiger partial charge is 0.138 e. The Morgan fingerprint density at radius 1 is 1.33 bits per heavy atom. The van der Waals surface area contributed by atoms with E-state index < -0.39 is 0 Å². The minimum absolute atomic E-state index is 0.0987. The molecule has 1 fully saturated rings. The van der Waals surface area contributed by atoms with Gasteiger partial charge in [-0.25, -0.2) is 4.98 Å². The van der Waals surface area contributed by atoms with Crippen LogP contribution in [0.15, 0.2) is 6.33 Å². The normalized spacial score (nSPS) is 27.6. The molecule has 0 aromatic carbocycles. The molecule has 0 aliphatic heterocycles. The fourth-order valence-electron chi connectivity index (χ4n) is 3.61. The summed E-state index contributed by atoms with van der Waals surface area (Å²) < 4.78 is 2.03. The van der Waals surface area contributed by atoms with Crippen LogP contribution >= 0.6 is 0 Å². The summed E-state index contributed by atoms with van der Waals surface area (Å²) in [7, 11) is 0. The third-order valence-electron chi connectivity index (χ3n) is 5.08. The molecule has 2 unspecified atom stereocenters. The lowest BCUT2D eigenvalue weighted by Crippen LogP contribution is -2.42. The molecular formula is C17H32N4. The summed E-state index contributed by atoms with van der Waals surface area (Å²) in [5, 5.41) is 4.33. The van der Waals surface area contributed by atoms with Gasteiger partial charge in [-0.2, -0.15) is 5.10 Å². The predicted octanol–water partition coefficient (Wildman–Crippen LogP) is 3.55. The second-order valence-electron chi connectivity index (χ2n) is 7.93. The minimum Gasteiger partial charge on any atom is -0.325 e. The van der Waals surface area contributed by atoms with E-state index in [-0.39, 0.29) is 5.54 Å². The molecule has 2 atom stereocenters. The molecule has 1 heterocycles. The van der Waals surface area contributed by atoms with Gasteiger partial charge in [-0.05, 0) is 43.4 Å². The number of rotatable bonds is 4. The fraction of sp³-hybridized carbons (Fsp3) is 0.882. The topological polar surface area (TPSA) is 56.7 Å². The first-order chi connectivity index (χ1) is 9.84. The highest BCUT2D eigenvalue weighted by molar-refractivity contribution is 4.99. The van der Waals surface area contributed by atoms with Crippen LogP contribution in [-0.2, 0) is 13.0 Å². The molecular weight excluding hydrogens is 260 g/mol. The van der Waals surface area contributed by atoms with Gasteiger partial charge in [0.1, 0.15) is 12.2 Å². The van der Waals surface area contributed by atoms with E-state index in [1.165, 1.54) is 19.3 Å². The Balaban J connectivity index is 2.03. The van der Waals surface area contributed by atoms with Crippen LogP contribution in [0.5, 0.6) is 0 Å². The molecule has 2 rings (SSSR count). The van der Waals surface area contributed by atoms with Crippen molar-refractivity contribution in [2.75, 3.05) is 0 Å². The summed E-state index contributed by atoms with van der Waals surface area (Å²) in [6.45, 7) is 10.2. The van der Waals surface area contributed by atoms with Crippen LogP contribution in [0.25, 0.3) is 0 Å². The summed E-state index contributed by atoms with van der Waals surface area (Å²) in [5.74, 6) is 1.85. The maximum absolute atomic E-state index is 6.74. The van der Waals surface area contributed by atoms with Crippen LogP contribution in [0.1, 0.15) is 72.0 Å². The van der Waals surface area contributed by atoms with Gasteiger partial charge in [-0.1, -0.05) is 34.1 Å². The maximum Gasteiger partial charge on any atom is 0.138 e. The number of hydrogen-bond acceptors (Lipinski definition) is 3. The van der Waals surface area contributed by atoms with Gasteiger partial charge in [0.15, 0.2) is 0 Å². The SMILES string of the molecule is CCCn1ncnc1CC1(N)CCCC(C(C)(C)C)CC1. The van der Waals surface area contributed by atoms with Crippen molar-refractivity contribution in [1.29, 1.82) is 0 Å². The Kier molecular flexibility index (Phi) is 5.07. The molecule has 0 radical (unpaired) electrons. The lowest BCUT2D eigenvalue weighted by molar-refractivity contribution is 0.210. The van der Waals surface area contributed by atoms with Crippen LogP contribution in [0, 0.1) is 11.3 Å². The van der Waals surface area contributed by atoms with Crippen molar-refractivity contribution in [2.45, 2.75) is 84.7 Å². The van der Waals surface area contributed by atoms with E-state index in [0.717, 1.165) is 44.0 Å². The third kappa shape index (κ3) is 4.29. The van der Waals surface area contributed by atoms with Gasteiger partial charge in [0.25, 0.3) is 0 Å². The standard InChI is InChI=1S/C17H32N4/c1-5-11-21-15(19-13-20-21)12-17(18)9-6-7-14(8-10-17)16(2,3)4/h13-14H,5-12,18H2,1-4H3. The molecule has 1 saturated carbocycles. The third-order valence-corrected chi connectivity index (χ3v) is 5.08. The van der Waals surface area contributed by atoms with Gasteiger partial charge in [0.05, 0.1) is 0 Å². The molecule has 4 nitrogen and oxygen atoms in total. The summed E-state index contributed by atoms with van der Waals surface area (Å²) in [6.07, 6.45) is 9.62. The van der Waals surface area contributed by atoms with Crippen LogP contribution in [0.4, 0.5) is 0 Å². The van der Waals surface area contributed by atoms with Crippen molar-refractivity contribution < 1.29 is 0 Å². The number of aryl methyl sites for hydroxylation is 1. The van der Waals surface area contributed by atoms with Crippen molar-refractivity contribution in [1.82, 2.24) is 14.8 Å². The maximum atomic E-state index is 6.74. The molecule has 0 amide bonds. The zero-order valence-corrected chi connectivity index (χ0v) is 14.2. The molecule has 2 N–H and O–H groups in total. The van der Waals surface area contributed by atoms with Gasteiger partial charge in [-0.15, -0.1) is 0 Å². The van der Waals surface area contributed by atoms with E-state index in [2.05, 4.69) is 37.8 Å².